The second-order valence-electron chi connectivity index (χ2n) is 36.0. The molecule has 0 fully saturated rings. The number of fused-ring (bicyclic) bond motifs is 8. The van der Waals surface area contributed by atoms with E-state index in [4.69, 9.17) is 4.74 Å². The first kappa shape index (κ1) is 75.2. The van der Waals surface area contributed by atoms with E-state index in [1.807, 2.05) is 0 Å². The Hall–Kier alpha value is -14.3. The molecule has 4 aliphatic heterocycles. The fourth-order valence-electron chi connectivity index (χ4n) is 19.4. The minimum atomic E-state index is -0.313. The summed E-state index contributed by atoms with van der Waals surface area (Å²) < 4.78 is 7.65. The number of benzene rings is 17. The third kappa shape index (κ3) is 13.0. The summed E-state index contributed by atoms with van der Waals surface area (Å²) in [6, 6.07) is 150. The predicted octanol–water partition coefficient (Wildman–Crippen LogP) is 27.3. The number of para-hydroxylation sites is 9. The Morgan fingerprint density at radius 3 is 0.951 bits per heavy atom. The van der Waals surface area contributed by atoms with Crippen LogP contribution in [-0.2, 0) is 16.2 Å². The lowest BCUT2D eigenvalue weighted by Crippen LogP contribution is -2.64. The van der Waals surface area contributed by atoms with Gasteiger partial charge in [-0.05, 0) is 185 Å². The van der Waals surface area contributed by atoms with Crippen LogP contribution in [0.1, 0.15) is 79.0 Å². The van der Waals surface area contributed by atoms with Crippen molar-refractivity contribution in [2.45, 2.75) is 78.6 Å². The van der Waals surface area contributed by atoms with Crippen LogP contribution < -0.4 is 62.0 Å². The maximum atomic E-state index is 7.65. The Morgan fingerprint density at radius 2 is 0.525 bits per heavy atom. The zero-order valence-corrected chi connectivity index (χ0v) is 70.4. The van der Waals surface area contributed by atoms with Crippen molar-refractivity contribution in [2.24, 2.45) is 0 Å². The summed E-state index contributed by atoms with van der Waals surface area (Å²) in [6.45, 7) is 20.0. The highest BCUT2D eigenvalue weighted by molar-refractivity contribution is 7.02. The van der Waals surface area contributed by atoms with Crippen LogP contribution in [0.25, 0.3) is 55.6 Å². The molecule has 4 aliphatic rings. The van der Waals surface area contributed by atoms with E-state index in [0.717, 1.165) is 163 Å². The molecular weight excluding hydrogens is 1480 g/mol. The molecule has 0 aromatic heterocycles. The largest absolute Gasteiger partial charge is 0.458 e. The quantitative estimate of drug-likeness (QED) is 0.101. The topological polar surface area (TPSA) is 25.4 Å². The van der Waals surface area contributed by atoms with Crippen LogP contribution in [0.2, 0.25) is 0 Å². The normalized spacial score (nSPS) is 12.9. The third-order valence-electron chi connectivity index (χ3n) is 25.4. The first-order valence-electron chi connectivity index (χ1n) is 42.9. The van der Waals surface area contributed by atoms with Crippen molar-refractivity contribution in [2.75, 3.05) is 24.5 Å². The summed E-state index contributed by atoms with van der Waals surface area (Å²) in [6.07, 6.45) is 0. The van der Waals surface area contributed by atoms with E-state index >= 15 is 0 Å². The minimum Gasteiger partial charge on any atom is -0.458 e. The number of rotatable bonds is 14. The van der Waals surface area contributed by atoms with Gasteiger partial charge in [0.1, 0.15) is 11.5 Å². The molecule has 0 spiro atoms. The van der Waals surface area contributed by atoms with Gasteiger partial charge in [-0.15, -0.1) is 0 Å². The van der Waals surface area contributed by atoms with E-state index in [2.05, 4.69) is 487 Å². The summed E-state index contributed by atoms with van der Waals surface area (Å²) >= 11 is 0. The molecule has 8 heteroatoms. The molecule has 0 saturated heterocycles. The second kappa shape index (κ2) is 29.9. The van der Waals surface area contributed by atoms with Crippen LogP contribution >= 0.6 is 0 Å². The Bertz CT molecular complexity index is 6870. The van der Waals surface area contributed by atoms with Gasteiger partial charge in [-0.25, -0.2) is 0 Å². The molecule has 586 valence electrons. The van der Waals surface area contributed by atoms with Gasteiger partial charge in [-0.2, -0.15) is 0 Å². The third-order valence-corrected chi connectivity index (χ3v) is 25.4. The van der Waals surface area contributed by atoms with Crippen LogP contribution in [0.15, 0.2) is 400 Å². The number of hydrogen-bond donors (Lipinski definition) is 0. The fraction of sp³-hybridized carbons (Fsp3) is 0.105. The standard InChI is InChI=1S/C114H93B2N5O/c1-112(2,3)81-64-58-78(59-65-81)90-46-22-29-51-97(90)117(84-40-18-12-19-41-84)86-70-105-110-106(71-86)120(100-54-32-24-44-88(100)76-36-14-10-15-37-76)103-75-104-96(74-95(103)115(110)93-49-27-34-56-102(93)119(105)99-53-31-26-48-92(99)80-62-68-83(69-63-80)114(7,8)9)116-94-50-28-35-57-108(94)122-109-73-87(72-107(111(109)116)121(104)101-55-33-25-45-89(101)77-38-16-11-17-39-77)118(85-42-20-13-21-43-85)98-52-30-23-47-91(98)79-60-66-82(67-61-79)113(4,5)6/h10-75H,1-9H3. The zero-order valence-electron chi connectivity index (χ0n) is 70.4. The molecule has 122 heavy (non-hydrogen) atoms. The Balaban J connectivity index is 0.886. The van der Waals surface area contributed by atoms with E-state index in [1.165, 1.54) is 38.5 Å². The van der Waals surface area contributed by atoms with Crippen LogP contribution in [0.4, 0.5) is 85.3 Å². The summed E-state index contributed by atoms with van der Waals surface area (Å²) in [5.74, 6) is 1.63. The van der Waals surface area contributed by atoms with Gasteiger partial charge < -0.3 is 29.2 Å². The van der Waals surface area contributed by atoms with Crippen LogP contribution in [0.3, 0.4) is 0 Å². The molecule has 4 heterocycles. The van der Waals surface area contributed by atoms with Crippen molar-refractivity contribution in [3.8, 4) is 67.1 Å². The second-order valence-corrected chi connectivity index (χ2v) is 36.0. The van der Waals surface area contributed by atoms with Gasteiger partial charge in [0, 0.05) is 79.4 Å². The van der Waals surface area contributed by atoms with Crippen molar-refractivity contribution in [3.05, 3.63) is 417 Å². The van der Waals surface area contributed by atoms with Crippen molar-refractivity contribution in [3.63, 3.8) is 0 Å². The Kier molecular flexibility index (Phi) is 18.4. The molecule has 0 bridgehead atoms. The average Bonchev–Trinajstić information content (AvgIpc) is 0.680. The van der Waals surface area contributed by atoms with E-state index in [0.29, 0.717) is 0 Å². The molecule has 0 unspecified atom stereocenters. The SMILES string of the molecule is CC(C)(C)c1ccc(-c2ccccc2N(c2ccccc2)c2cc3c4c(c2)N(c2ccccc2-c2ccccc2)c2cc5c(cc2B4c2ccccc2O3)B2c3ccccc3N(c3ccccc3-c3ccc(C(C)(C)C)cc3)c3cc(N(c4ccccc4)c4ccccc4-c4ccc(C(C)(C)C)cc4)cc(c32)N5c2ccccc2-c2ccccc2)cc1. The van der Waals surface area contributed by atoms with Crippen molar-refractivity contribution in [1.29, 1.82) is 0 Å². The molecular formula is C114H93B2N5O. The first-order chi connectivity index (χ1) is 59.5. The highest BCUT2D eigenvalue weighted by Gasteiger charge is 2.49. The molecule has 0 aliphatic carbocycles. The molecule has 17 aromatic rings. The van der Waals surface area contributed by atoms with Gasteiger partial charge in [0.2, 0.25) is 0 Å². The van der Waals surface area contributed by atoms with Gasteiger partial charge in [-0.3, -0.25) is 0 Å². The lowest BCUT2D eigenvalue weighted by molar-refractivity contribution is 0.487. The van der Waals surface area contributed by atoms with Gasteiger partial charge in [-0.1, -0.05) is 366 Å². The smallest absolute Gasteiger partial charge is 0.256 e. The highest BCUT2D eigenvalue weighted by Crippen LogP contribution is 2.56. The van der Waals surface area contributed by atoms with Crippen molar-refractivity contribution >= 4 is 132 Å². The van der Waals surface area contributed by atoms with E-state index in [-0.39, 0.29) is 29.7 Å². The van der Waals surface area contributed by atoms with Crippen LogP contribution in [-0.4, -0.2) is 13.4 Å². The molecule has 0 atom stereocenters. The number of anilines is 15. The average molecular weight is 1570 g/mol. The summed E-state index contributed by atoms with van der Waals surface area (Å²) in [4.78, 5) is 12.9. The van der Waals surface area contributed by atoms with E-state index in [1.54, 1.807) is 0 Å². The monoisotopic (exact) mass is 1570 g/mol. The molecule has 0 radical (unpaired) electrons. The van der Waals surface area contributed by atoms with Gasteiger partial charge >= 0.3 is 0 Å². The summed E-state index contributed by atoms with van der Waals surface area (Å²) in [7, 11) is 0. The number of ether oxygens (including phenoxy) is 1. The zero-order chi connectivity index (χ0) is 82.7. The minimum absolute atomic E-state index is 0.0178. The maximum Gasteiger partial charge on any atom is 0.256 e. The molecule has 6 nitrogen and oxygen atoms in total. The maximum absolute atomic E-state index is 7.65. The summed E-state index contributed by atoms with van der Waals surface area (Å²) in [5.41, 5.74) is 37.7. The lowest BCUT2D eigenvalue weighted by atomic mass is 9.30. The van der Waals surface area contributed by atoms with E-state index in [9.17, 15) is 0 Å². The van der Waals surface area contributed by atoms with E-state index < -0.39 is 0 Å². The Labute approximate surface area is 718 Å². The summed E-state index contributed by atoms with van der Waals surface area (Å²) in [5, 5.41) is 0. The molecule has 0 N–H and O–H groups in total. The first-order valence-corrected chi connectivity index (χ1v) is 42.9. The number of nitrogens with zero attached hydrogens (tertiary/aromatic N) is 5. The molecule has 21 rings (SSSR count). The lowest BCUT2D eigenvalue weighted by Gasteiger charge is -2.47. The molecule has 17 aromatic carbocycles. The molecule has 0 amide bonds. The van der Waals surface area contributed by atoms with Crippen molar-refractivity contribution in [1.82, 2.24) is 0 Å². The van der Waals surface area contributed by atoms with Crippen LogP contribution in [0.5, 0.6) is 11.5 Å². The van der Waals surface area contributed by atoms with Gasteiger partial charge in [0.25, 0.3) is 13.4 Å². The molecule has 0 saturated carbocycles. The van der Waals surface area contributed by atoms with Gasteiger partial charge in [0.15, 0.2) is 0 Å². The Morgan fingerprint density at radius 1 is 0.213 bits per heavy atom. The van der Waals surface area contributed by atoms with Crippen LogP contribution in [0, 0.1) is 0 Å². The van der Waals surface area contributed by atoms with Crippen molar-refractivity contribution < 1.29 is 4.74 Å². The fourth-order valence-corrected chi connectivity index (χ4v) is 19.4. The number of hydrogen-bond acceptors (Lipinski definition) is 6. The highest BCUT2D eigenvalue weighted by atomic mass is 16.5. The predicted molar refractivity (Wildman–Crippen MR) is 519 cm³/mol. The van der Waals surface area contributed by atoms with Gasteiger partial charge in [0.05, 0.1) is 39.8 Å².